The molecular weight excluding hydrogens is 373 g/mol. The lowest BCUT2D eigenvalue weighted by atomic mass is 9.76. The minimum atomic E-state index is -1.58. The van der Waals surface area contributed by atoms with Gasteiger partial charge in [0.05, 0.1) is 0 Å². The number of nitrogens with zero attached hydrogens (tertiary/aromatic N) is 2. The SMILES string of the molecule is COC1C=C(c2ccc3c(c2)C2(CC(C)(C)O3)N=C(N)N(C)C2=O)C=CC1(C)F. The lowest BCUT2D eigenvalue weighted by molar-refractivity contribution is -0.133. The number of halogens is 1. The number of likely N-dealkylation sites (N-methyl/N-ethyl adjacent to an activating group) is 1. The first-order valence-electron chi connectivity index (χ1n) is 9.59. The minimum Gasteiger partial charge on any atom is -0.487 e. The monoisotopic (exact) mass is 399 g/mol. The number of hydrogen-bond donors (Lipinski definition) is 1. The van der Waals surface area contributed by atoms with Crippen LogP contribution in [0.4, 0.5) is 4.39 Å². The van der Waals surface area contributed by atoms with Gasteiger partial charge in [-0.1, -0.05) is 12.1 Å². The van der Waals surface area contributed by atoms with Crippen LogP contribution in [0.5, 0.6) is 5.75 Å². The van der Waals surface area contributed by atoms with E-state index in [-0.39, 0.29) is 11.9 Å². The number of benzene rings is 1. The van der Waals surface area contributed by atoms with Crippen molar-refractivity contribution in [2.45, 2.75) is 50.1 Å². The number of methoxy groups -OCH3 is 1. The van der Waals surface area contributed by atoms with Crippen molar-refractivity contribution in [3.05, 3.63) is 47.6 Å². The summed E-state index contributed by atoms with van der Waals surface area (Å²) in [7, 11) is 3.11. The van der Waals surface area contributed by atoms with Crippen LogP contribution in [-0.2, 0) is 15.1 Å². The fourth-order valence-corrected chi connectivity index (χ4v) is 4.38. The highest BCUT2D eigenvalue weighted by Gasteiger charge is 2.55. The number of ether oxygens (including phenoxy) is 2. The van der Waals surface area contributed by atoms with Crippen molar-refractivity contribution in [3.8, 4) is 5.75 Å². The second kappa shape index (κ2) is 6.16. The van der Waals surface area contributed by atoms with Crippen molar-refractivity contribution in [3.63, 3.8) is 0 Å². The highest BCUT2D eigenvalue weighted by Crippen LogP contribution is 2.49. The van der Waals surface area contributed by atoms with E-state index >= 15 is 0 Å². The second-order valence-electron chi connectivity index (χ2n) is 8.71. The third-order valence-corrected chi connectivity index (χ3v) is 5.86. The molecule has 29 heavy (non-hydrogen) atoms. The molecule has 3 atom stereocenters. The number of hydrogen-bond acceptors (Lipinski definition) is 5. The standard InChI is InChI=1S/C22H26FN3O3/c1-20(2)12-22(18(27)26(4)19(24)25-22)15-10-13(6-7-16(15)29-20)14-8-9-21(3,23)17(11-14)28-5/h6-11,17H,12H2,1-5H3,(H2,24,25). The minimum absolute atomic E-state index is 0.177. The smallest absolute Gasteiger partial charge is 0.261 e. The summed E-state index contributed by atoms with van der Waals surface area (Å²) in [6, 6.07) is 5.63. The second-order valence-corrected chi connectivity index (χ2v) is 8.71. The molecule has 2 heterocycles. The topological polar surface area (TPSA) is 77.2 Å². The van der Waals surface area contributed by atoms with Gasteiger partial charge in [0.15, 0.2) is 17.2 Å². The average molecular weight is 399 g/mol. The zero-order chi connectivity index (χ0) is 21.2. The Hall–Kier alpha value is -2.67. The Kier molecular flexibility index (Phi) is 4.17. The zero-order valence-corrected chi connectivity index (χ0v) is 17.3. The normalized spacial score (nSPS) is 32.7. The molecule has 1 aromatic carbocycles. The number of carbonyl (C=O) groups is 1. The molecule has 2 N–H and O–H groups in total. The summed E-state index contributed by atoms with van der Waals surface area (Å²) >= 11 is 0. The summed E-state index contributed by atoms with van der Waals surface area (Å²) in [5, 5.41) is 0. The summed E-state index contributed by atoms with van der Waals surface area (Å²) in [5.74, 6) is 0.613. The number of nitrogens with two attached hydrogens (primary N) is 1. The van der Waals surface area contributed by atoms with Gasteiger partial charge in [-0.25, -0.2) is 9.38 Å². The van der Waals surface area contributed by atoms with Gasteiger partial charge in [0.1, 0.15) is 17.5 Å². The van der Waals surface area contributed by atoms with Crippen molar-refractivity contribution < 1.29 is 18.7 Å². The zero-order valence-electron chi connectivity index (χ0n) is 17.3. The van der Waals surface area contributed by atoms with Crippen LogP contribution < -0.4 is 10.5 Å². The fraction of sp³-hybridized carbons (Fsp3) is 0.455. The number of allylic oxidation sites excluding steroid dienone is 2. The van der Waals surface area contributed by atoms with Gasteiger partial charge >= 0.3 is 0 Å². The number of amides is 1. The Labute approximate surface area is 169 Å². The Morgan fingerprint density at radius 2 is 2.07 bits per heavy atom. The third kappa shape index (κ3) is 2.95. The summed E-state index contributed by atoms with van der Waals surface area (Å²) in [5.41, 5.74) is 5.02. The van der Waals surface area contributed by atoms with E-state index in [0.29, 0.717) is 17.7 Å². The molecule has 0 saturated heterocycles. The summed E-state index contributed by atoms with van der Waals surface area (Å²) in [4.78, 5) is 19.2. The van der Waals surface area contributed by atoms with E-state index in [1.165, 1.54) is 25.0 Å². The molecule has 0 fully saturated rings. The molecule has 3 aliphatic rings. The van der Waals surface area contributed by atoms with Gasteiger partial charge in [-0.3, -0.25) is 9.69 Å². The van der Waals surface area contributed by atoms with Crippen LogP contribution in [-0.4, -0.2) is 48.3 Å². The van der Waals surface area contributed by atoms with Crippen LogP contribution in [0.1, 0.15) is 38.3 Å². The van der Waals surface area contributed by atoms with Crippen molar-refractivity contribution in [2.24, 2.45) is 10.7 Å². The molecule has 154 valence electrons. The molecular formula is C22H26FN3O3. The molecule has 4 rings (SSSR count). The van der Waals surface area contributed by atoms with Crippen LogP contribution in [0.25, 0.3) is 5.57 Å². The van der Waals surface area contributed by atoms with E-state index in [0.717, 1.165) is 11.1 Å². The summed E-state index contributed by atoms with van der Waals surface area (Å²) in [6.45, 7) is 5.34. The maximum absolute atomic E-state index is 14.6. The van der Waals surface area contributed by atoms with Crippen LogP contribution in [0, 0.1) is 0 Å². The molecule has 1 amide bonds. The number of aliphatic imine (C=N–C) groups is 1. The quantitative estimate of drug-likeness (QED) is 0.830. The highest BCUT2D eigenvalue weighted by molar-refractivity contribution is 6.07. The molecule has 1 aliphatic carbocycles. The van der Waals surface area contributed by atoms with E-state index in [1.54, 1.807) is 19.2 Å². The van der Waals surface area contributed by atoms with E-state index in [9.17, 15) is 9.18 Å². The molecule has 0 aromatic heterocycles. The Morgan fingerprint density at radius 1 is 1.34 bits per heavy atom. The van der Waals surface area contributed by atoms with Gasteiger partial charge in [0, 0.05) is 26.1 Å². The van der Waals surface area contributed by atoms with Crippen molar-refractivity contribution in [1.29, 1.82) is 0 Å². The van der Waals surface area contributed by atoms with Gasteiger partial charge in [-0.15, -0.1) is 0 Å². The first-order chi connectivity index (χ1) is 13.5. The molecule has 6 nitrogen and oxygen atoms in total. The molecule has 0 radical (unpaired) electrons. The predicted molar refractivity (Wildman–Crippen MR) is 109 cm³/mol. The Balaban J connectivity index is 1.85. The lowest BCUT2D eigenvalue weighted by Gasteiger charge is -2.41. The molecule has 7 heteroatoms. The molecule has 0 saturated carbocycles. The Bertz CT molecular complexity index is 980. The number of carbonyl (C=O) groups excluding carboxylic acids is 1. The predicted octanol–water partition coefficient (Wildman–Crippen LogP) is 2.93. The van der Waals surface area contributed by atoms with Crippen LogP contribution in [0.3, 0.4) is 0 Å². The van der Waals surface area contributed by atoms with Gasteiger partial charge < -0.3 is 15.2 Å². The molecule has 0 bridgehead atoms. The highest BCUT2D eigenvalue weighted by atomic mass is 19.1. The average Bonchev–Trinajstić information content (AvgIpc) is 2.85. The first-order valence-corrected chi connectivity index (χ1v) is 9.59. The Morgan fingerprint density at radius 3 is 2.69 bits per heavy atom. The van der Waals surface area contributed by atoms with Crippen LogP contribution in [0.2, 0.25) is 0 Å². The van der Waals surface area contributed by atoms with Crippen molar-refractivity contribution in [2.75, 3.05) is 14.2 Å². The summed E-state index contributed by atoms with van der Waals surface area (Å²) in [6.07, 6.45) is 4.66. The van der Waals surface area contributed by atoms with Crippen LogP contribution >= 0.6 is 0 Å². The van der Waals surface area contributed by atoms with E-state index < -0.39 is 22.9 Å². The largest absolute Gasteiger partial charge is 0.487 e. The van der Waals surface area contributed by atoms with Crippen LogP contribution in [0.15, 0.2) is 41.4 Å². The van der Waals surface area contributed by atoms with E-state index in [4.69, 9.17) is 15.2 Å². The third-order valence-electron chi connectivity index (χ3n) is 5.86. The number of fused-ring (bicyclic) bond motifs is 2. The maximum atomic E-state index is 14.6. The molecule has 3 unspecified atom stereocenters. The number of alkyl halides is 1. The van der Waals surface area contributed by atoms with Gasteiger partial charge in [-0.05, 0) is 56.2 Å². The first kappa shape index (κ1) is 19.6. The van der Waals surface area contributed by atoms with Gasteiger partial charge in [0.25, 0.3) is 5.91 Å². The number of guanidine groups is 1. The molecule has 1 spiro atoms. The molecule has 2 aliphatic heterocycles. The van der Waals surface area contributed by atoms with Crippen molar-refractivity contribution in [1.82, 2.24) is 4.90 Å². The number of rotatable bonds is 2. The lowest BCUT2D eigenvalue weighted by Crippen LogP contribution is -2.49. The molecule has 1 aromatic rings. The maximum Gasteiger partial charge on any atom is 0.261 e. The van der Waals surface area contributed by atoms with E-state index in [1.807, 2.05) is 32.0 Å². The van der Waals surface area contributed by atoms with Gasteiger partial charge in [-0.2, -0.15) is 0 Å². The van der Waals surface area contributed by atoms with Gasteiger partial charge in [0.2, 0.25) is 0 Å². The fourth-order valence-electron chi connectivity index (χ4n) is 4.38. The summed E-state index contributed by atoms with van der Waals surface area (Å²) < 4.78 is 26.1. The van der Waals surface area contributed by atoms with Crippen molar-refractivity contribution >= 4 is 17.4 Å². The van der Waals surface area contributed by atoms with E-state index in [2.05, 4.69) is 4.99 Å².